The lowest BCUT2D eigenvalue weighted by Crippen LogP contribution is -2.50. The number of anilines is 1. The van der Waals surface area contributed by atoms with Gasteiger partial charge in [0.25, 0.3) is 0 Å². The first-order valence-corrected chi connectivity index (χ1v) is 7.83. The highest BCUT2D eigenvalue weighted by molar-refractivity contribution is 5.92. The maximum atomic E-state index is 11.8. The molecule has 0 aromatic carbocycles. The fourth-order valence-electron chi connectivity index (χ4n) is 3.83. The number of rotatable bonds is 3. The van der Waals surface area contributed by atoms with Crippen LogP contribution in [0.15, 0.2) is 6.33 Å². The number of ether oxygens (including phenoxy) is 1. The minimum atomic E-state index is -0.429. The molecule has 2 saturated heterocycles. The number of piperidine rings is 2. The van der Waals surface area contributed by atoms with Crippen molar-refractivity contribution in [3.8, 4) is 0 Å². The highest BCUT2D eigenvalue weighted by atomic mass is 16.5. The van der Waals surface area contributed by atoms with Crippen LogP contribution in [0.2, 0.25) is 0 Å². The summed E-state index contributed by atoms with van der Waals surface area (Å²) in [5, 5.41) is 0. The van der Waals surface area contributed by atoms with Gasteiger partial charge in [0.1, 0.15) is 5.82 Å². The number of imidazole rings is 1. The zero-order valence-corrected chi connectivity index (χ0v) is 12.8. The van der Waals surface area contributed by atoms with Gasteiger partial charge in [-0.1, -0.05) is 6.42 Å². The van der Waals surface area contributed by atoms with Crippen molar-refractivity contribution in [3.05, 3.63) is 12.0 Å². The van der Waals surface area contributed by atoms with Crippen molar-refractivity contribution < 1.29 is 9.53 Å². The lowest BCUT2D eigenvalue weighted by atomic mass is 9.82. The molecule has 2 atom stereocenters. The molecule has 2 unspecified atom stereocenters. The third-order valence-corrected chi connectivity index (χ3v) is 5.01. The Hall–Kier alpha value is -1.56. The molecule has 6 nitrogen and oxygen atoms in total. The summed E-state index contributed by atoms with van der Waals surface area (Å²) in [5.74, 6) is 0.0166. The Morgan fingerprint density at radius 1 is 1.38 bits per heavy atom. The van der Waals surface area contributed by atoms with Gasteiger partial charge in [-0.25, -0.2) is 9.78 Å². The molecular weight excluding hydrogens is 268 g/mol. The molecule has 116 valence electrons. The first kappa shape index (κ1) is 14.4. The molecule has 2 fully saturated rings. The van der Waals surface area contributed by atoms with Crippen molar-refractivity contribution in [1.82, 2.24) is 14.5 Å². The predicted octanol–water partition coefficient (Wildman–Crippen LogP) is 1.83. The van der Waals surface area contributed by atoms with Gasteiger partial charge in [0.2, 0.25) is 0 Å². The number of aromatic nitrogens is 2. The molecule has 0 amide bonds. The van der Waals surface area contributed by atoms with E-state index >= 15 is 0 Å². The van der Waals surface area contributed by atoms with E-state index in [9.17, 15) is 4.79 Å². The van der Waals surface area contributed by atoms with E-state index in [1.807, 2.05) is 4.57 Å². The van der Waals surface area contributed by atoms with Crippen molar-refractivity contribution in [3.63, 3.8) is 0 Å². The van der Waals surface area contributed by atoms with Crippen LogP contribution in [0, 0.1) is 0 Å². The number of nitrogens with zero attached hydrogens (tertiary/aromatic N) is 3. The summed E-state index contributed by atoms with van der Waals surface area (Å²) < 4.78 is 6.97. The quantitative estimate of drug-likeness (QED) is 0.860. The molecule has 2 aliphatic heterocycles. The molecule has 0 radical (unpaired) electrons. The third kappa shape index (κ3) is 2.52. The van der Waals surface area contributed by atoms with Crippen LogP contribution in [0.25, 0.3) is 0 Å². The summed E-state index contributed by atoms with van der Waals surface area (Å²) in [6.45, 7) is 2.12. The van der Waals surface area contributed by atoms with Gasteiger partial charge in [-0.2, -0.15) is 0 Å². The van der Waals surface area contributed by atoms with Crippen molar-refractivity contribution in [2.75, 3.05) is 19.4 Å². The normalized spacial score (nSPS) is 29.3. The van der Waals surface area contributed by atoms with E-state index in [1.54, 1.807) is 13.3 Å². The highest BCUT2D eigenvalue weighted by Crippen LogP contribution is 2.39. The minimum Gasteiger partial charge on any atom is -0.461 e. The van der Waals surface area contributed by atoms with E-state index < -0.39 is 5.97 Å². The lowest BCUT2D eigenvalue weighted by Gasteiger charge is -2.47. The van der Waals surface area contributed by atoms with Crippen molar-refractivity contribution in [2.24, 2.45) is 0 Å². The third-order valence-electron chi connectivity index (χ3n) is 5.01. The van der Waals surface area contributed by atoms with Gasteiger partial charge in [-0.15, -0.1) is 0 Å². The smallest absolute Gasteiger partial charge is 0.360 e. The van der Waals surface area contributed by atoms with Gasteiger partial charge in [-0.3, -0.25) is 0 Å². The molecule has 1 aromatic heterocycles. The summed E-state index contributed by atoms with van der Waals surface area (Å²) in [5.41, 5.74) is 6.39. The maximum Gasteiger partial charge on any atom is 0.360 e. The number of hydrogen-bond donors (Lipinski definition) is 1. The molecule has 3 rings (SSSR count). The first-order chi connectivity index (χ1) is 10.1. The zero-order chi connectivity index (χ0) is 15.0. The zero-order valence-electron chi connectivity index (χ0n) is 12.8. The molecule has 3 heterocycles. The van der Waals surface area contributed by atoms with Crippen LogP contribution >= 0.6 is 0 Å². The second kappa shape index (κ2) is 5.67. The van der Waals surface area contributed by atoms with Gasteiger partial charge in [-0.05, 0) is 39.7 Å². The molecule has 6 heteroatoms. The highest BCUT2D eigenvalue weighted by Gasteiger charge is 2.37. The molecule has 2 aliphatic rings. The van der Waals surface area contributed by atoms with Gasteiger partial charge >= 0.3 is 5.97 Å². The van der Waals surface area contributed by atoms with Gasteiger partial charge in [0.05, 0.1) is 12.9 Å². The lowest BCUT2D eigenvalue weighted by molar-refractivity contribution is 0.0404. The van der Waals surface area contributed by atoms with Crippen molar-refractivity contribution in [1.29, 1.82) is 0 Å². The number of hydrogen-bond acceptors (Lipinski definition) is 5. The fraction of sp³-hybridized carbons (Fsp3) is 0.733. The van der Waals surface area contributed by atoms with Crippen LogP contribution in [-0.2, 0) is 4.74 Å². The van der Waals surface area contributed by atoms with Crippen LogP contribution < -0.4 is 5.73 Å². The van der Waals surface area contributed by atoms with Crippen LogP contribution in [0.3, 0.4) is 0 Å². The fourth-order valence-corrected chi connectivity index (χ4v) is 3.83. The molecule has 0 aliphatic carbocycles. The SMILES string of the molecule is CCOC(=O)c1ncn(C2CC3CCCC(C2)N3C)c1N. The summed E-state index contributed by atoms with van der Waals surface area (Å²) in [6, 6.07) is 1.58. The Morgan fingerprint density at radius 2 is 2.05 bits per heavy atom. The standard InChI is InChI=1S/C15H24N4O2/c1-3-21-15(20)13-14(16)19(9-17-13)12-7-10-5-4-6-11(8-12)18(10)2/h9-12H,3-8,16H2,1-2H3. The Bertz CT molecular complexity index is 514. The van der Waals surface area contributed by atoms with Crippen LogP contribution in [-0.4, -0.2) is 46.2 Å². The Balaban J connectivity index is 1.80. The predicted molar refractivity (Wildman–Crippen MR) is 80.1 cm³/mol. The summed E-state index contributed by atoms with van der Waals surface area (Å²) in [7, 11) is 2.23. The largest absolute Gasteiger partial charge is 0.461 e. The summed E-state index contributed by atoms with van der Waals surface area (Å²) >= 11 is 0. The summed E-state index contributed by atoms with van der Waals surface area (Å²) in [6.07, 6.45) is 7.69. The second-order valence-electron chi connectivity index (χ2n) is 6.14. The number of fused-ring (bicyclic) bond motifs is 2. The number of carbonyl (C=O) groups excluding carboxylic acids is 1. The average molecular weight is 292 g/mol. The maximum absolute atomic E-state index is 11.8. The molecular formula is C15H24N4O2. The number of nitrogens with two attached hydrogens (primary N) is 1. The second-order valence-corrected chi connectivity index (χ2v) is 6.14. The number of carbonyl (C=O) groups is 1. The molecule has 1 aromatic rings. The van der Waals surface area contributed by atoms with E-state index in [2.05, 4.69) is 16.9 Å². The first-order valence-electron chi connectivity index (χ1n) is 7.83. The van der Waals surface area contributed by atoms with E-state index in [-0.39, 0.29) is 5.69 Å². The van der Waals surface area contributed by atoms with E-state index in [0.717, 1.165) is 12.8 Å². The van der Waals surface area contributed by atoms with E-state index in [4.69, 9.17) is 10.5 Å². The minimum absolute atomic E-state index is 0.251. The molecule has 21 heavy (non-hydrogen) atoms. The molecule has 2 bridgehead atoms. The van der Waals surface area contributed by atoms with Crippen molar-refractivity contribution in [2.45, 2.75) is 57.2 Å². The van der Waals surface area contributed by atoms with Gasteiger partial charge < -0.3 is 19.9 Å². The average Bonchev–Trinajstić information content (AvgIpc) is 2.81. The molecule has 0 spiro atoms. The van der Waals surface area contributed by atoms with Crippen LogP contribution in [0.4, 0.5) is 5.82 Å². The number of nitrogen functional groups attached to an aromatic ring is 1. The van der Waals surface area contributed by atoms with Gasteiger partial charge in [0.15, 0.2) is 5.69 Å². The Kier molecular flexibility index (Phi) is 3.89. The van der Waals surface area contributed by atoms with Crippen LogP contribution in [0.5, 0.6) is 0 Å². The topological polar surface area (TPSA) is 73.4 Å². The number of esters is 1. The van der Waals surface area contributed by atoms with Gasteiger partial charge in [0, 0.05) is 18.1 Å². The van der Waals surface area contributed by atoms with Crippen molar-refractivity contribution >= 4 is 11.8 Å². The molecule has 0 saturated carbocycles. The van der Waals surface area contributed by atoms with E-state index in [1.165, 1.54) is 19.3 Å². The van der Waals surface area contributed by atoms with E-state index in [0.29, 0.717) is 30.6 Å². The Morgan fingerprint density at radius 3 is 2.67 bits per heavy atom. The summed E-state index contributed by atoms with van der Waals surface area (Å²) in [4.78, 5) is 18.5. The Labute approximate surface area is 125 Å². The monoisotopic (exact) mass is 292 g/mol. The molecule has 2 N–H and O–H groups in total. The van der Waals surface area contributed by atoms with Crippen LogP contribution in [0.1, 0.15) is 55.6 Å².